The minimum Gasteiger partial charge on any atom is -0.369 e. The maximum Gasteiger partial charge on any atom is 0.0950 e. The van der Waals surface area contributed by atoms with Crippen LogP contribution in [0, 0.1) is 5.92 Å². The number of anilines is 1. The average molecular weight is 256 g/mol. The van der Waals surface area contributed by atoms with E-state index in [9.17, 15) is 0 Å². The molecule has 100 valence electrons. The van der Waals surface area contributed by atoms with Crippen LogP contribution in [0.5, 0.6) is 0 Å². The van der Waals surface area contributed by atoms with E-state index in [1.54, 1.807) is 0 Å². The SMILES string of the molecule is CNCC1CCCN(c2cnnc3ccccc23)C1. The molecule has 1 aromatic carbocycles. The summed E-state index contributed by atoms with van der Waals surface area (Å²) in [4.78, 5) is 2.46. The molecule has 0 radical (unpaired) electrons. The highest BCUT2D eigenvalue weighted by atomic mass is 15.2. The molecular formula is C15H20N4. The Morgan fingerprint density at radius 1 is 1.37 bits per heavy atom. The number of rotatable bonds is 3. The minimum absolute atomic E-state index is 0.727. The lowest BCUT2D eigenvalue weighted by atomic mass is 9.97. The van der Waals surface area contributed by atoms with E-state index in [0.717, 1.165) is 31.1 Å². The lowest BCUT2D eigenvalue weighted by molar-refractivity contribution is 0.403. The molecule has 1 atom stereocenters. The van der Waals surface area contributed by atoms with Gasteiger partial charge in [0.05, 0.1) is 17.4 Å². The standard InChI is InChI=1S/C15H20N4/c1-16-9-12-5-4-8-19(11-12)15-10-17-18-14-7-3-2-6-13(14)15/h2-3,6-7,10,12,16H,4-5,8-9,11H2,1H3. The third-order valence-corrected chi connectivity index (χ3v) is 3.88. The summed E-state index contributed by atoms with van der Waals surface area (Å²) in [6, 6.07) is 8.26. The molecule has 0 amide bonds. The van der Waals surface area contributed by atoms with Gasteiger partial charge in [0, 0.05) is 18.5 Å². The minimum atomic E-state index is 0.727. The Balaban J connectivity index is 1.91. The molecule has 3 rings (SSSR count). The topological polar surface area (TPSA) is 41.0 Å². The summed E-state index contributed by atoms with van der Waals surface area (Å²) in [6.07, 6.45) is 4.47. The van der Waals surface area contributed by atoms with E-state index in [-0.39, 0.29) is 0 Å². The van der Waals surface area contributed by atoms with Gasteiger partial charge in [-0.1, -0.05) is 18.2 Å². The number of fused-ring (bicyclic) bond motifs is 1. The Bertz CT molecular complexity index is 547. The average Bonchev–Trinajstić information content (AvgIpc) is 2.47. The molecular weight excluding hydrogens is 236 g/mol. The number of piperidine rings is 1. The first-order valence-corrected chi connectivity index (χ1v) is 6.98. The molecule has 1 fully saturated rings. The van der Waals surface area contributed by atoms with Gasteiger partial charge in [0.2, 0.25) is 0 Å². The Labute approximate surface area is 113 Å². The third kappa shape index (κ3) is 2.54. The van der Waals surface area contributed by atoms with Crippen molar-refractivity contribution in [3.05, 3.63) is 30.5 Å². The van der Waals surface area contributed by atoms with Gasteiger partial charge in [-0.3, -0.25) is 0 Å². The normalized spacial score (nSPS) is 19.8. The van der Waals surface area contributed by atoms with Crippen LogP contribution in [0.4, 0.5) is 5.69 Å². The summed E-state index contributed by atoms with van der Waals surface area (Å²) < 4.78 is 0. The van der Waals surface area contributed by atoms with Gasteiger partial charge in [-0.2, -0.15) is 10.2 Å². The quantitative estimate of drug-likeness (QED) is 0.912. The van der Waals surface area contributed by atoms with Crippen molar-refractivity contribution in [2.75, 3.05) is 31.6 Å². The van der Waals surface area contributed by atoms with E-state index < -0.39 is 0 Å². The summed E-state index contributed by atoms with van der Waals surface area (Å²) in [6.45, 7) is 3.32. The highest BCUT2D eigenvalue weighted by Gasteiger charge is 2.21. The van der Waals surface area contributed by atoms with Crippen LogP contribution in [0.2, 0.25) is 0 Å². The second-order valence-corrected chi connectivity index (χ2v) is 5.26. The first kappa shape index (κ1) is 12.4. The molecule has 19 heavy (non-hydrogen) atoms. The van der Waals surface area contributed by atoms with Crippen LogP contribution < -0.4 is 10.2 Å². The van der Waals surface area contributed by atoms with Crippen molar-refractivity contribution in [2.45, 2.75) is 12.8 Å². The number of nitrogens with zero attached hydrogens (tertiary/aromatic N) is 3. The van der Waals surface area contributed by atoms with E-state index in [4.69, 9.17) is 0 Å². The Kier molecular flexibility index (Phi) is 3.60. The summed E-state index contributed by atoms with van der Waals surface area (Å²) in [5.41, 5.74) is 2.21. The van der Waals surface area contributed by atoms with Gasteiger partial charge in [-0.05, 0) is 38.4 Å². The van der Waals surface area contributed by atoms with Crippen molar-refractivity contribution >= 4 is 16.6 Å². The first-order chi connectivity index (χ1) is 9.38. The molecule has 2 heterocycles. The van der Waals surface area contributed by atoms with Crippen LogP contribution in [-0.4, -0.2) is 36.9 Å². The van der Waals surface area contributed by atoms with Crippen LogP contribution in [0.3, 0.4) is 0 Å². The molecule has 1 aromatic heterocycles. The fraction of sp³-hybridized carbons (Fsp3) is 0.467. The van der Waals surface area contributed by atoms with E-state index in [0.29, 0.717) is 0 Å². The predicted octanol–water partition coefficient (Wildman–Crippen LogP) is 2.07. The predicted molar refractivity (Wildman–Crippen MR) is 78.4 cm³/mol. The zero-order valence-corrected chi connectivity index (χ0v) is 11.3. The van der Waals surface area contributed by atoms with Gasteiger partial charge in [0.25, 0.3) is 0 Å². The van der Waals surface area contributed by atoms with E-state index in [1.165, 1.54) is 23.9 Å². The van der Waals surface area contributed by atoms with E-state index in [2.05, 4.69) is 32.5 Å². The highest BCUT2D eigenvalue weighted by molar-refractivity contribution is 5.90. The van der Waals surface area contributed by atoms with Crippen molar-refractivity contribution in [3.63, 3.8) is 0 Å². The van der Waals surface area contributed by atoms with Crippen LogP contribution in [0.1, 0.15) is 12.8 Å². The van der Waals surface area contributed by atoms with Crippen molar-refractivity contribution in [1.82, 2.24) is 15.5 Å². The van der Waals surface area contributed by atoms with Gasteiger partial charge in [0.15, 0.2) is 0 Å². The first-order valence-electron chi connectivity index (χ1n) is 6.98. The molecule has 0 saturated carbocycles. The summed E-state index contributed by atoms with van der Waals surface area (Å²) in [5, 5.41) is 12.9. The smallest absolute Gasteiger partial charge is 0.0950 e. The maximum atomic E-state index is 4.20. The molecule has 2 aromatic rings. The van der Waals surface area contributed by atoms with Gasteiger partial charge in [0.1, 0.15) is 0 Å². The number of aromatic nitrogens is 2. The molecule has 1 aliphatic rings. The second kappa shape index (κ2) is 5.53. The molecule has 1 unspecified atom stereocenters. The van der Waals surface area contributed by atoms with Crippen molar-refractivity contribution in [2.24, 2.45) is 5.92 Å². The highest BCUT2D eigenvalue weighted by Crippen LogP contribution is 2.28. The summed E-state index contributed by atoms with van der Waals surface area (Å²) in [7, 11) is 2.03. The maximum absolute atomic E-state index is 4.20. The van der Waals surface area contributed by atoms with Gasteiger partial charge in [-0.15, -0.1) is 0 Å². The van der Waals surface area contributed by atoms with Crippen molar-refractivity contribution in [3.8, 4) is 0 Å². The van der Waals surface area contributed by atoms with Crippen LogP contribution >= 0.6 is 0 Å². The Morgan fingerprint density at radius 2 is 2.26 bits per heavy atom. The van der Waals surface area contributed by atoms with Gasteiger partial charge in [-0.25, -0.2) is 0 Å². The van der Waals surface area contributed by atoms with Gasteiger partial charge < -0.3 is 10.2 Å². The molecule has 4 nitrogen and oxygen atoms in total. The lowest BCUT2D eigenvalue weighted by Crippen LogP contribution is -2.39. The van der Waals surface area contributed by atoms with Crippen LogP contribution in [0.15, 0.2) is 30.5 Å². The monoisotopic (exact) mass is 256 g/mol. The van der Waals surface area contributed by atoms with Crippen LogP contribution in [-0.2, 0) is 0 Å². The summed E-state index contributed by atoms with van der Waals surface area (Å²) in [5.74, 6) is 0.727. The van der Waals surface area contributed by atoms with E-state index in [1.807, 2.05) is 25.4 Å². The number of nitrogens with one attached hydrogen (secondary N) is 1. The molecule has 1 saturated heterocycles. The number of hydrogen-bond donors (Lipinski definition) is 1. The van der Waals surface area contributed by atoms with Crippen molar-refractivity contribution in [1.29, 1.82) is 0 Å². The number of benzene rings is 1. The fourth-order valence-corrected chi connectivity index (χ4v) is 2.98. The molecule has 1 aliphatic heterocycles. The summed E-state index contributed by atoms with van der Waals surface area (Å²) >= 11 is 0. The Morgan fingerprint density at radius 3 is 3.16 bits per heavy atom. The van der Waals surface area contributed by atoms with E-state index >= 15 is 0 Å². The molecule has 0 aliphatic carbocycles. The number of hydrogen-bond acceptors (Lipinski definition) is 4. The molecule has 0 bridgehead atoms. The fourth-order valence-electron chi connectivity index (χ4n) is 2.98. The lowest BCUT2D eigenvalue weighted by Gasteiger charge is -2.34. The van der Waals surface area contributed by atoms with Crippen molar-refractivity contribution < 1.29 is 0 Å². The van der Waals surface area contributed by atoms with Crippen LogP contribution in [0.25, 0.3) is 10.9 Å². The Hall–Kier alpha value is -1.68. The second-order valence-electron chi connectivity index (χ2n) is 5.26. The molecule has 1 N–H and O–H groups in total. The zero-order chi connectivity index (χ0) is 13.1. The molecule has 4 heteroatoms. The largest absolute Gasteiger partial charge is 0.369 e. The third-order valence-electron chi connectivity index (χ3n) is 3.88. The molecule has 0 spiro atoms. The zero-order valence-electron chi connectivity index (χ0n) is 11.3. The van der Waals surface area contributed by atoms with Gasteiger partial charge >= 0.3 is 0 Å².